The Morgan fingerprint density at radius 1 is 0.950 bits per heavy atom. The Bertz CT molecular complexity index is 2320. The number of nitrogens with zero attached hydrogens (tertiary/aromatic N) is 2. The van der Waals surface area contributed by atoms with E-state index in [1.807, 2.05) is 99.4 Å². The zero-order chi connectivity index (χ0) is 42.8. The lowest BCUT2D eigenvalue weighted by Crippen LogP contribution is -2.64. The highest BCUT2D eigenvalue weighted by Gasteiger charge is 2.66. The molecule has 8 rings (SSSR count). The van der Waals surface area contributed by atoms with Crippen LogP contribution in [0, 0.1) is 11.8 Å². The van der Waals surface area contributed by atoms with Crippen molar-refractivity contribution in [2.75, 3.05) is 13.1 Å². The molecule has 1 saturated heterocycles. The van der Waals surface area contributed by atoms with Crippen LogP contribution >= 0.6 is 0 Å². The van der Waals surface area contributed by atoms with Gasteiger partial charge < -0.3 is 34.0 Å². The largest absolute Gasteiger partial charge is 0.573 e. The molecule has 1 unspecified atom stereocenters. The number of aliphatic hydroxyl groups excluding tert-OH is 1. The number of hydrogen-bond acceptors (Lipinski definition) is 11. The molecule has 0 radical (unpaired) electrons. The molecule has 3 aromatic carbocycles. The van der Waals surface area contributed by atoms with E-state index in [2.05, 4.69) is 5.16 Å². The van der Waals surface area contributed by atoms with Crippen LogP contribution in [0.1, 0.15) is 94.8 Å². The van der Waals surface area contributed by atoms with Gasteiger partial charge in [0.25, 0.3) is 5.88 Å². The number of aliphatic hydroxyl groups is 1. The zero-order valence-corrected chi connectivity index (χ0v) is 35.4. The Hall–Kier alpha value is -4.96. The first-order valence-electron chi connectivity index (χ1n) is 20.4. The smallest absolute Gasteiger partial charge is 0.508 e. The molecule has 0 amide bonds. The SMILES string of the molecule is CC(C)(C)[Si](C)(C)OC12C(=O)c3c(OCc4ccccc4)noc3[C@@H](N)[C@@H]1C[C@@H]1Cc3c(OC(F)(F)F)c(CN4CCCC4)cc(OCc4ccccc4)c3C(=O)C1=C2O. The topological polar surface area (TPSA) is 147 Å². The van der Waals surface area contributed by atoms with Crippen molar-refractivity contribution in [1.82, 2.24) is 10.1 Å². The zero-order valence-electron chi connectivity index (χ0n) is 34.4. The van der Waals surface area contributed by atoms with Gasteiger partial charge in [0.15, 0.2) is 25.5 Å². The molecule has 60 heavy (non-hydrogen) atoms. The maximum Gasteiger partial charge on any atom is 0.573 e. The molecule has 3 N–H and O–H groups in total. The van der Waals surface area contributed by atoms with E-state index in [-0.39, 0.29) is 77.8 Å². The molecule has 4 aliphatic rings. The van der Waals surface area contributed by atoms with Gasteiger partial charge in [-0.15, -0.1) is 13.2 Å². The maximum atomic E-state index is 15.4. The summed E-state index contributed by atoms with van der Waals surface area (Å²) in [5, 5.41) is 16.5. The van der Waals surface area contributed by atoms with Gasteiger partial charge in [0, 0.05) is 29.2 Å². The lowest BCUT2D eigenvalue weighted by atomic mass is 9.59. The van der Waals surface area contributed by atoms with Crippen LogP contribution in [0.15, 0.2) is 82.6 Å². The number of benzene rings is 3. The predicted molar refractivity (Wildman–Crippen MR) is 217 cm³/mol. The third-order valence-electron chi connectivity index (χ3n) is 12.9. The summed E-state index contributed by atoms with van der Waals surface area (Å²) in [5.41, 5.74) is 6.26. The van der Waals surface area contributed by atoms with Gasteiger partial charge in [0.1, 0.15) is 36.0 Å². The van der Waals surface area contributed by atoms with E-state index in [0.717, 1.165) is 24.0 Å². The number of carbonyl (C=O) groups is 2. The average molecular weight is 846 g/mol. The average Bonchev–Trinajstić information content (AvgIpc) is 3.87. The summed E-state index contributed by atoms with van der Waals surface area (Å²) in [6.45, 7) is 11.4. The minimum absolute atomic E-state index is 0.00745. The molecule has 4 atom stereocenters. The van der Waals surface area contributed by atoms with Crippen molar-refractivity contribution in [3.63, 3.8) is 0 Å². The number of rotatable bonds is 11. The van der Waals surface area contributed by atoms with Crippen LogP contribution in [0.2, 0.25) is 18.1 Å². The Morgan fingerprint density at radius 3 is 2.17 bits per heavy atom. The molecular weight excluding hydrogens is 796 g/mol. The van der Waals surface area contributed by atoms with Gasteiger partial charge in [-0.1, -0.05) is 81.4 Å². The minimum atomic E-state index is -5.08. The van der Waals surface area contributed by atoms with Crippen LogP contribution in [0.3, 0.4) is 0 Å². The highest BCUT2D eigenvalue weighted by atomic mass is 28.4. The molecule has 1 aliphatic heterocycles. The molecule has 11 nitrogen and oxygen atoms in total. The molecule has 0 spiro atoms. The first-order chi connectivity index (χ1) is 28.4. The van der Waals surface area contributed by atoms with Gasteiger partial charge in [0.2, 0.25) is 5.78 Å². The quantitative estimate of drug-likeness (QED) is 0.139. The number of likely N-dealkylation sites (tertiary alicyclic amines) is 1. The Labute approximate surface area is 347 Å². The summed E-state index contributed by atoms with van der Waals surface area (Å²) in [6, 6.07) is 18.8. The van der Waals surface area contributed by atoms with E-state index in [1.165, 1.54) is 6.07 Å². The van der Waals surface area contributed by atoms with Crippen molar-refractivity contribution < 1.29 is 51.0 Å². The number of hydrogen-bond donors (Lipinski definition) is 2. The molecule has 0 saturated carbocycles. The van der Waals surface area contributed by atoms with E-state index < -0.39 is 66.3 Å². The van der Waals surface area contributed by atoms with Crippen molar-refractivity contribution in [2.24, 2.45) is 17.6 Å². The monoisotopic (exact) mass is 845 g/mol. The van der Waals surface area contributed by atoms with E-state index in [1.54, 1.807) is 0 Å². The molecular formula is C45H50F3N3O8Si. The number of ether oxygens (including phenoxy) is 3. The van der Waals surface area contributed by atoms with Crippen LogP contribution < -0.4 is 19.9 Å². The fourth-order valence-electron chi connectivity index (χ4n) is 8.92. The van der Waals surface area contributed by atoms with Crippen molar-refractivity contribution in [3.8, 4) is 17.4 Å². The fourth-order valence-corrected chi connectivity index (χ4v) is 10.4. The molecule has 1 aromatic heterocycles. The van der Waals surface area contributed by atoms with Crippen molar-refractivity contribution in [1.29, 1.82) is 0 Å². The lowest BCUT2D eigenvalue weighted by molar-refractivity contribution is -0.275. The van der Waals surface area contributed by atoms with Crippen LogP contribution in [0.25, 0.3) is 0 Å². The standard InChI is InChI=1S/C45H50F3N3O8Si/c1-43(2,3)60(4,5)59-44-31(36(49)39-35(41(44)54)42(50-58-39)56-25-27-16-10-7-11-17-27)21-28-20-30-34(37(52)33(28)40(44)53)32(55-24-26-14-8-6-9-15-26)22-29(23-51-18-12-13-19-51)38(30)57-45(46,47)48/h6-11,14-17,22,28,31,36,53H,12-13,18-21,23-25,49H2,1-5H3/t28-,31-,36-,44?/m0/s1. The van der Waals surface area contributed by atoms with Gasteiger partial charge >= 0.3 is 6.36 Å². The van der Waals surface area contributed by atoms with Crippen molar-refractivity contribution in [3.05, 3.63) is 117 Å². The van der Waals surface area contributed by atoms with Crippen molar-refractivity contribution >= 4 is 19.9 Å². The summed E-state index contributed by atoms with van der Waals surface area (Å²) < 4.78 is 73.2. The molecule has 4 aromatic rings. The third-order valence-corrected chi connectivity index (χ3v) is 17.3. The highest BCUT2D eigenvalue weighted by molar-refractivity contribution is 6.74. The summed E-state index contributed by atoms with van der Waals surface area (Å²) in [5.74, 6) is -4.54. The first kappa shape index (κ1) is 41.8. The number of aromatic nitrogens is 1. The predicted octanol–water partition coefficient (Wildman–Crippen LogP) is 9.17. The van der Waals surface area contributed by atoms with Gasteiger partial charge in [-0.2, -0.15) is 0 Å². The number of Topliss-reactive ketones (excluding diaryl/α,β-unsaturated/α-hetero) is 2. The minimum Gasteiger partial charge on any atom is -0.508 e. The third kappa shape index (κ3) is 7.43. The van der Waals surface area contributed by atoms with E-state index in [4.69, 9.17) is 28.9 Å². The number of fused-ring (bicyclic) bond motifs is 4. The molecule has 0 bridgehead atoms. The fraction of sp³-hybridized carbons (Fsp3) is 0.444. The summed E-state index contributed by atoms with van der Waals surface area (Å²) in [6.07, 6.45) is -3.45. The normalized spacial score (nSPS) is 23.2. The van der Waals surface area contributed by atoms with E-state index in [9.17, 15) is 18.3 Å². The number of allylic oxidation sites excluding steroid dienone is 1. The summed E-state index contributed by atoms with van der Waals surface area (Å²) in [7, 11) is -3.03. The highest BCUT2D eigenvalue weighted by Crippen LogP contribution is 2.59. The lowest BCUT2D eigenvalue weighted by Gasteiger charge is -2.53. The summed E-state index contributed by atoms with van der Waals surface area (Å²) in [4.78, 5) is 32.7. The second-order valence-corrected chi connectivity index (χ2v) is 22.5. The molecule has 2 heterocycles. The number of alkyl halides is 3. The second kappa shape index (κ2) is 15.5. The van der Waals surface area contributed by atoms with Crippen molar-refractivity contribution in [2.45, 2.75) is 102 Å². The first-order valence-corrected chi connectivity index (χ1v) is 23.3. The van der Waals surface area contributed by atoms with Crippen LogP contribution in [0.5, 0.6) is 17.4 Å². The molecule has 15 heteroatoms. The van der Waals surface area contributed by atoms with E-state index in [0.29, 0.717) is 13.1 Å². The number of nitrogens with two attached hydrogens (primary N) is 1. The Balaban J connectivity index is 1.30. The molecule has 318 valence electrons. The number of halogens is 3. The van der Waals surface area contributed by atoms with Gasteiger partial charge in [-0.3, -0.25) is 14.5 Å². The molecule has 3 aliphatic carbocycles. The summed E-state index contributed by atoms with van der Waals surface area (Å²) >= 11 is 0. The molecule has 1 fully saturated rings. The van der Waals surface area contributed by atoms with Gasteiger partial charge in [-0.05, 0) is 85.2 Å². The van der Waals surface area contributed by atoms with Crippen LogP contribution in [-0.4, -0.2) is 60.1 Å². The second-order valence-electron chi connectivity index (χ2n) is 17.8. The van der Waals surface area contributed by atoms with Gasteiger partial charge in [-0.25, -0.2) is 0 Å². The Morgan fingerprint density at radius 2 is 1.57 bits per heavy atom. The Kier molecular flexibility index (Phi) is 10.8. The van der Waals surface area contributed by atoms with Crippen LogP contribution in [0.4, 0.5) is 13.2 Å². The number of ketones is 2. The van der Waals surface area contributed by atoms with Gasteiger partial charge in [0.05, 0.1) is 11.6 Å². The number of carbonyl (C=O) groups excluding carboxylic acids is 2. The maximum absolute atomic E-state index is 15.4. The van der Waals surface area contributed by atoms with Crippen LogP contribution in [-0.2, 0) is 30.6 Å². The van der Waals surface area contributed by atoms with E-state index >= 15 is 9.59 Å².